The summed E-state index contributed by atoms with van der Waals surface area (Å²) in [6.07, 6.45) is 0.528. The van der Waals surface area contributed by atoms with Crippen molar-refractivity contribution in [2.45, 2.75) is 18.7 Å². The number of ether oxygens (including phenoxy) is 2. The van der Waals surface area contributed by atoms with Gasteiger partial charge in [0.2, 0.25) is 5.75 Å². The Kier molecular flexibility index (Phi) is 5.14. The fourth-order valence-electron chi connectivity index (χ4n) is 2.32. The lowest BCUT2D eigenvalue weighted by Crippen LogP contribution is -2.14. The zero-order valence-corrected chi connectivity index (χ0v) is 14.6. The quantitative estimate of drug-likeness (QED) is 0.589. The molecular formula is C17H18O6S. The van der Waals surface area contributed by atoms with Gasteiger partial charge in [0.25, 0.3) is 0 Å². The maximum absolute atomic E-state index is 12.6. The molecule has 0 bridgehead atoms. The van der Waals surface area contributed by atoms with Crippen LogP contribution in [0.1, 0.15) is 21.5 Å². The predicted molar refractivity (Wildman–Crippen MR) is 88.7 cm³/mol. The highest BCUT2D eigenvalue weighted by molar-refractivity contribution is 7.87. The Hall–Kier alpha value is -2.54. The second kappa shape index (κ2) is 6.92. The van der Waals surface area contributed by atoms with Crippen molar-refractivity contribution in [3.8, 4) is 17.2 Å². The van der Waals surface area contributed by atoms with Crippen LogP contribution in [0.15, 0.2) is 35.2 Å². The summed E-state index contributed by atoms with van der Waals surface area (Å²) in [5.41, 5.74) is 1.13. The Morgan fingerprint density at radius 3 is 2.17 bits per heavy atom. The molecule has 0 aliphatic heterocycles. The number of aryl methyl sites for hydroxylation is 2. The zero-order valence-electron chi connectivity index (χ0n) is 13.8. The van der Waals surface area contributed by atoms with Gasteiger partial charge in [-0.25, -0.2) is 0 Å². The van der Waals surface area contributed by atoms with E-state index in [2.05, 4.69) is 0 Å². The third-order valence-corrected chi connectivity index (χ3v) is 4.93. The molecule has 0 aliphatic carbocycles. The normalized spacial score (nSPS) is 11.0. The number of carbonyl (C=O) groups is 1. The minimum absolute atomic E-state index is 0.0179. The maximum Gasteiger partial charge on any atom is 0.339 e. The number of carbonyl (C=O) groups excluding carboxylic acids is 1. The van der Waals surface area contributed by atoms with Crippen LogP contribution in [0, 0.1) is 13.8 Å². The highest BCUT2D eigenvalue weighted by atomic mass is 32.2. The average molecular weight is 350 g/mol. The minimum Gasteiger partial charge on any atom is -0.493 e. The molecule has 0 aromatic heterocycles. The van der Waals surface area contributed by atoms with E-state index in [1.807, 2.05) is 0 Å². The summed E-state index contributed by atoms with van der Waals surface area (Å²) in [6.45, 7) is 3.31. The lowest BCUT2D eigenvalue weighted by atomic mass is 10.1. The molecule has 24 heavy (non-hydrogen) atoms. The summed E-state index contributed by atoms with van der Waals surface area (Å²) >= 11 is 0. The van der Waals surface area contributed by atoms with E-state index in [1.54, 1.807) is 38.1 Å². The number of methoxy groups -OCH3 is 2. The molecule has 0 unspecified atom stereocenters. The Morgan fingerprint density at radius 1 is 0.958 bits per heavy atom. The largest absolute Gasteiger partial charge is 0.493 e. The van der Waals surface area contributed by atoms with E-state index in [0.29, 0.717) is 17.4 Å². The zero-order chi connectivity index (χ0) is 17.9. The molecule has 2 aromatic rings. The Bertz CT molecular complexity index is 871. The Balaban J connectivity index is 2.66. The van der Waals surface area contributed by atoms with Gasteiger partial charge in [0, 0.05) is 0 Å². The van der Waals surface area contributed by atoms with Crippen molar-refractivity contribution >= 4 is 16.4 Å². The third-order valence-electron chi connectivity index (χ3n) is 3.54. The minimum atomic E-state index is -4.15. The van der Waals surface area contributed by atoms with E-state index in [4.69, 9.17) is 13.7 Å². The second-order valence-corrected chi connectivity index (χ2v) is 6.61. The van der Waals surface area contributed by atoms with Crippen molar-refractivity contribution in [3.05, 3.63) is 47.0 Å². The SMILES string of the molecule is COc1cc(C)c(C=O)c(OS(=O)(=O)c2ccccc2C)c1OC. The van der Waals surface area contributed by atoms with Gasteiger partial charge in [-0.1, -0.05) is 18.2 Å². The second-order valence-electron chi connectivity index (χ2n) is 5.09. The maximum atomic E-state index is 12.6. The summed E-state index contributed by atoms with van der Waals surface area (Å²) < 4.78 is 40.9. The summed E-state index contributed by atoms with van der Waals surface area (Å²) in [5.74, 6) is 0.130. The third kappa shape index (κ3) is 3.21. The molecule has 0 aliphatic rings. The van der Waals surface area contributed by atoms with Gasteiger partial charge in [0.1, 0.15) is 4.90 Å². The Labute approximate surface area is 141 Å². The van der Waals surface area contributed by atoms with E-state index in [9.17, 15) is 13.2 Å². The van der Waals surface area contributed by atoms with Gasteiger partial charge in [-0.2, -0.15) is 8.42 Å². The first-order chi connectivity index (χ1) is 11.4. The average Bonchev–Trinajstić information content (AvgIpc) is 2.54. The number of hydrogen-bond acceptors (Lipinski definition) is 6. The van der Waals surface area contributed by atoms with Crippen LogP contribution in [0.4, 0.5) is 0 Å². The van der Waals surface area contributed by atoms with Gasteiger partial charge >= 0.3 is 10.1 Å². The predicted octanol–water partition coefficient (Wildman–Crippen LogP) is 2.90. The smallest absolute Gasteiger partial charge is 0.339 e. The van der Waals surface area contributed by atoms with Crippen LogP contribution >= 0.6 is 0 Å². The summed E-state index contributed by atoms with van der Waals surface area (Å²) in [4.78, 5) is 11.5. The molecule has 0 radical (unpaired) electrons. The van der Waals surface area contributed by atoms with Crippen molar-refractivity contribution in [1.82, 2.24) is 0 Å². The van der Waals surface area contributed by atoms with Crippen LogP contribution < -0.4 is 13.7 Å². The van der Waals surface area contributed by atoms with E-state index in [-0.39, 0.29) is 27.7 Å². The summed E-state index contributed by atoms with van der Waals surface area (Å²) in [6, 6.07) is 7.99. The van der Waals surface area contributed by atoms with E-state index < -0.39 is 10.1 Å². The molecule has 7 heteroatoms. The molecule has 2 aromatic carbocycles. The van der Waals surface area contributed by atoms with Crippen LogP contribution in [0.25, 0.3) is 0 Å². The fraction of sp³-hybridized carbons (Fsp3) is 0.235. The molecule has 0 atom stereocenters. The van der Waals surface area contributed by atoms with Crippen molar-refractivity contribution in [2.24, 2.45) is 0 Å². The first-order valence-corrected chi connectivity index (χ1v) is 8.47. The van der Waals surface area contributed by atoms with Crippen molar-refractivity contribution in [1.29, 1.82) is 0 Å². The highest BCUT2D eigenvalue weighted by Crippen LogP contribution is 2.42. The van der Waals surface area contributed by atoms with Gasteiger partial charge in [-0.05, 0) is 37.1 Å². The van der Waals surface area contributed by atoms with Gasteiger partial charge in [-0.15, -0.1) is 0 Å². The molecular weight excluding hydrogens is 332 g/mol. The lowest BCUT2D eigenvalue weighted by molar-refractivity contribution is 0.112. The number of rotatable bonds is 6. The van der Waals surface area contributed by atoms with Crippen molar-refractivity contribution in [2.75, 3.05) is 14.2 Å². The summed E-state index contributed by atoms with van der Waals surface area (Å²) in [5, 5.41) is 0. The molecule has 2 rings (SSSR count). The first-order valence-electron chi connectivity index (χ1n) is 7.06. The fourth-order valence-corrected chi connectivity index (χ4v) is 3.50. The number of aldehydes is 1. The standard InChI is InChI=1S/C17H18O6S/c1-11-7-5-6-8-15(11)24(19,20)23-16-13(10-18)12(2)9-14(21-3)17(16)22-4/h5-10H,1-4H3. The molecule has 0 spiro atoms. The molecule has 0 amide bonds. The molecule has 6 nitrogen and oxygen atoms in total. The molecule has 0 N–H and O–H groups in total. The van der Waals surface area contributed by atoms with E-state index in [0.717, 1.165) is 0 Å². The van der Waals surface area contributed by atoms with Gasteiger partial charge < -0.3 is 13.7 Å². The number of benzene rings is 2. The molecule has 0 saturated heterocycles. The van der Waals surface area contributed by atoms with Gasteiger partial charge in [0.05, 0.1) is 19.8 Å². The summed E-state index contributed by atoms with van der Waals surface area (Å²) in [7, 11) is -1.39. The highest BCUT2D eigenvalue weighted by Gasteiger charge is 2.26. The van der Waals surface area contributed by atoms with Crippen LogP contribution in [-0.4, -0.2) is 28.9 Å². The van der Waals surface area contributed by atoms with Crippen molar-refractivity contribution < 1.29 is 26.9 Å². The monoisotopic (exact) mass is 350 g/mol. The van der Waals surface area contributed by atoms with Crippen LogP contribution in [0.2, 0.25) is 0 Å². The number of hydrogen-bond donors (Lipinski definition) is 0. The molecule has 0 heterocycles. The molecule has 0 fully saturated rings. The van der Waals surface area contributed by atoms with Gasteiger partial charge in [-0.3, -0.25) is 4.79 Å². The molecule has 128 valence electrons. The van der Waals surface area contributed by atoms with Crippen LogP contribution in [0.3, 0.4) is 0 Å². The van der Waals surface area contributed by atoms with Crippen LogP contribution in [0.5, 0.6) is 17.2 Å². The van der Waals surface area contributed by atoms with Crippen LogP contribution in [-0.2, 0) is 10.1 Å². The van der Waals surface area contributed by atoms with Crippen molar-refractivity contribution in [3.63, 3.8) is 0 Å². The van der Waals surface area contributed by atoms with E-state index >= 15 is 0 Å². The molecule has 0 saturated carbocycles. The van der Waals surface area contributed by atoms with E-state index in [1.165, 1.54) is 20.3 Å². The van der Waals surface area contributed by atoms with Gasteiger partial charge in [0.15, 0.2) is 17.8 Å². The Morgan fingerprint density at radius 2 is 1.62 bits per heavy atom. The topological polar surface area (TPSA) is 78.9 Å². The lowest BCUT2D eigenvalue weighted by Gasteiger charge is -2.17. The first kappa shape index (κ1) is 17.8.